The highest BCUT2D eigenvalue weighted by Crippen LogP contribution is 2.09. The predicted octanol–water partition coefficient (Wildman–Crippen LogP) is 1.11. The van der Waals surface area contributed by atoms with Gasteiger partial charge in [0.05, 0.1) is 6.42 Å². The van der Waals surface area contributed by atoms with Crippen LogP contribution in [0.25, 0.3) is 0 Å². The minimum Gasteiger partial charge on any atom is -0.480 e. The van der Waals surface area contributed by atoms with E-state index in [4.69, 9.17) is 0 Å². The van der Waals surface area contributed by atoms with Crippen molar-refractivity contribution in [1.29, 1.82) is 0 Å². The number of hydrogen-bond donors (Lipinski definition) is 3. The van der Waals surface area contributed by atoms with Crippen LogP contribution in [0.15, 0.2) is 0 Å². The zero-order valence-electron chi connectivity index (χ0n) is 14.5. The predicted molar refractivity (Wildman–Crippen MR) is 85.7 cm³/mol. The minimum absolute atomic E-state index is 0.104. The molecule has 3 N–H and O–H groups in total. The van der Waals surface area contributed by atoms with Crippen LogP contribution in [-0.4, -0.2) is 40.8 Å². The molecule has 0 aromatic carbocycles. The lowest BCUT2D eigenvalue weighted by molar-refractivity contribution is -0.142. The minimum atomic E-state index is -1.11. The number of carboxylic acids is 1. The summed E-state index contributed by atoms with van der Waals surface area (Å²) < 4.78 is 0. The number of aliphatic carboxylic acids is 1. The van der Waals surface area contributed by atoms with Crippen LogP contribution in [0.2, 0.25) is 0 Å². The second-order valence-electron chi connectivity index (χ2n) is 6.66. The number of nitrogens with one attached hydrogen (secondary N) is 2. The summed E-state index contributed by atoms with van der Waals surface area (Å²) in [6.07, 6.45) is 0.372. The van der Waals surface area contributed by atoms with Gasteiger partial charge >= 0.3 is 5.97 Å². The van der Waals surface area contributed by atoms with E-state index < -0.39 is 29.9 Å². The monoisotopic (exact) mass is 328 g/mol. The number of carbonyl (C=O) groups is 4. The van der Waals surface area contributed by atoms with Gasteiger partial charge < -0.3 is 15.7 Å². The van der Waals surface area contributed by atoms with Gasteiger partial charge in [0, 0.05) is 0 Å². The largest absolute Gasteiger partial charge is 0.480 e. The Morgan fingerprint density at radius 3 is 1.74 bits per heavy atom. The summed E-state index contributed by atoms with van der Waals surface area (Å²) in [5.74, 6) is -2.25. The van der Waals surface area contributed by atoms with Gasteiger partial charge in [-0.2, -0.15) is 0 Å². The molecule has 7 nitrogen and oxygen atoms in total. The van der Waals surface area contributed by atoms with Crippen molar-refractivity contribution in [2.75, 3.05) is 0 Å². The summed E-state index contributed by atoms with van der Waals surface area (Å²) in [6, 6.07) is -1.85. The van der Waals surface area contributed by atoms with Crippen LogP contribution in [-0.2, 0) is 19.2 Å². The van der Waals surface area contributed by atoms with Crippen molar-refractivity contribution < 1.29 is 24.3 Å². The van der Waals surface area contributed by atoms with Gasteiger partial charge in [-0.15, -0.1) is 0 Å². The molecule has 0 saturated carbocycles. The fraction of sp³-hybridized carbons (Fsp3) is 0.750. The third-order valence-corrected chi connectivity index (χ3v) is 3.09. The Labute approximate surface area is 137 Å². The lowest BCUT2D eigenvalue weighted by Crippen LogP contribution is -2.52. The molecule has 0 aromatic rings. The zero-order chi connectivity index (χ0) is 18.2. The van der Waals surface area contributed by atoms with Gasteiger partial charge in [-0.25, -0.2) is 4.79 Å². The molecule has 0 heterocycles. The van der Waals surface area contributed by atoms with Crippen molar-refractivity contribution in [3.05, 3.63) is 0 Å². The molecule has 0 radical (unpaired) electrons. The van der Waals surface area contributed by atoms with E-state index in [0.717, 1.165) is 0 Å². The third kappa shape index (κ3) is 9.65. The third-order valence-electron chi connectivity index (χ3n) is 3.09. The smallest absolute Gasteiger partial charge is 0.326 e. The van der Waals surface area contributed by atoms with Gasteiger partial charge in [0.2, 0.25) is 11.8 Å². The van der Waals surface area contributed by atoms with E-state index in [0.29, 0.717) is 12.8 Å². The van der Waals surface area contributed by atoms with Crippen LogP contribution < -0.4 is 10.6 Å². The normalized spacial score (nSPS) is 13.5. The van der Waals surface area contributed by atoms with Gasteiger partial charge in [0.1, 0.15) is 17.9 Å². The Morgan fingerprint density at radius 1 is 0.870 bits per heavy atom. The number of carboxylic acid groups (broad SMARTS) is 1. The van der Waals surface area contributed by atoms with Gasteiger partial charge in [-0.1, -0.05) is 27.7 Å². The first-order chi connectivity index (χ1) is 10.5. The van der Waals surface area contributed by atoms with E-state index in [2.05, 4.69) is 10.6 Å². The van der Waals surface area contributed by atoms with E-state index in [1.807, 2.05) is 27.7 Å². The van der Waals surface area contributed by atoms with Crippen molar-refractivity contribution in [3.8, 4) is 0 Å². The fourth-order valence-corrected chi connectivity index (χ4v) is 2.14. The van der Waals surface area contributed by atoms with Gasteiger partial charge in [-0.05, 0) is 31.6 Å². The summed E-state index contributed by atoms with van der Waals surface area (Å²) >= 11 is 0. The molecule has 0 aliphatic rings. The van der Waals surface area contributed by atoms with E-state index in [1.54, 1.807) is 0 Å². The van der Waals surface area contributed by atoms with Crippen LogP contribution >= 0.6 is 0 Å². The van der Waals surface area contributed by atoms with Gasteiger partial charge in [0.15, 0.2) is 0 Å². The summed E-state index contributed by atoms with van der Waals surface area (Å²) in [7, 11) is 0. The molecule has 0 spiro atoms. The van der Waals surface area contributed by atoms with E-state index in [9.17, 15) is 24.3 Å². The Kier molecular flexibility index (Phi) is 9.14. The van der Waals surface area contributed by atoms with E-state index in [-0.39, 0.29) is 24.0 Å². The highest BCUT2D eigenvalue weighted by molar-refractivity contribution is 5.99. The highest BCUT2D eigenvalue weighted by Gasteiger charge is 2.27. The van der Waals surface area contributed by atoms with Crippen LogP contribution in [0.3, 0.4) is 0 Å². The van der Waals surface area contributed by atoms with Gasteiger partial charge in [0.25, 0.3) is 0 Å². The summed E-state index contributed by atoms with van der Waals surface area (Å²) in [5, 5.41) is 14.2. The van der Waals surface area contributed by atoms with Crippen LogP contribution in [0.1, 0.15) is 53.9 Å². The Morgan fingerprint density at radius 2 is 1.35 bits per heavy atom. The van der Waals surface area contributed by atoms with Crippen LogP contribution in [0.4, 0.5) is 0 Å². The average Bonchev–Trinajstić information content (AvgIpc) is 2.34. The zero-order valence-corrected chi connectivity index (χ0v) is 14.5. The van der Waals surface area contributed by atoms with Crippen molar-refractivity contribution in [1.82, 2.24) is 10.6 Å². The fourth-order valence-electron chi connectivity index (χ4n) is 2.14. The number of hydrogen-bond acceptors (Lipinski definition) is 4. The summed E-state index contributed by atoms with van der Waals surface area (Å²) in [4.78, 5) is 46.3. The molecule has 0 fully saturated rings. The summed E-state index contributed by atoms with van der Waals surface area (Å²) in [6.45, 7) is 8.80. The molecule has 132 valence electrons. The number of carbonyl (C=O) groups excluding carboxylic acids is 3. The van der Waals surface area contributed by atoms with Crippen molar-refractivity contribution in [2.24, 2.45) is 11.8 Å². The maximum atomic E-state index is 12.3. The molecule has 0 aromatic heterocycles. The molecule has 0 unspecified atom stereocenters. The van der Waals surface area contributed by atoms with Crippen molar-refractivity contribution in [3.63, 3.8) is 0 Å². The molecule has 0 saturated heterocycles. The second kappa shape index (κ2) is 9.97. The number of rotatable bonds is 10. The molecule has 23 heavy (non-hydrogen) atoms. The lowest BCUT2D eigenvalue weighted by Gasteiger charge is -2.23. The Hall–Kier alpha value is -1.92. The molecule has 0 rings (SSSR count). The molecule has 0 bridgehead atoms. The van der Waals surface area contributed by atoms with Crippen molar-refractivity contribution in [2.45, 2.75) is 66.0 Å². The Bertz CT molecular complexity index is 446. The van der Waals surface area contributed by atoms with Crippen LogP contribution in [0.5, 0.6) is 0 Å². The van der Waals surface area contributed by atoms with E-state index >= 15 is 0 Å². The first-order valence-corrected chi connectivity index (χ1v) is 7.84. The van der Waals surface area contributed by atoms with Crippen molar-refractivity contribution >= 4 is 23.6 Å². The molecular formula is C16H28N2O5. The molecule has 0 aliphatic heterocycles. The molecule has 2 amide bonds. The number of Topliss-reactive ketones (excluding diaryl/α,β-unsaturated/α-hetero) is 1. The SMILES string of the molecule is CC(=O)CC(=O)N[C@@H](CC(C)C)C(=O)N[C@@H](CC(C)C)C(=O)O. The molecule has 7 heteroatoms. The lowest BCUT2D eigenvalue weighted by atomic mass is 10.0. The highest BCUT2D eigenvalue weighted by atomic mass is 16.4. The standard InChI is InChI=1S/C16H28N2O5/c1-9(2)6-12(17-14(20)8-11(5)19)15(21)18-13(16(22)23)7-10(3)4/h9-10,12-13H,6-8H2,1-5H3,(H,17,20)(H,18,21)(H,22,23)/t12-,13-/m0/s1. The van der Waals surface area contributed by atoms with Crippen LogP contribution in [0, 0.1) is 11.8 Å². The van der Waals surface area contributed by atoms with Gasteiger partial charge in [-0.3, -0.25) is 14.4 Å². The van der Waals surface area contributed by atoms with E-state index in [1.165, 1.54) is 6.92 Å². The number of amides is 2. The second-order valence-corrected chi connectivity index (χ2v) is 6.66. The molecule has 0 aliphatic carbocycles. The molecular weight excluding hydrogens is 300 g/mol. The topological polar surface area (TPSA) is 113 Å². The quantitative estimate of drug-likeness (QED) is 0.520. The number of ketones is 1. The first-order valence-electron chi connectivity index (χ1n) is 7.84. The maximum absolute atomic E-state index is 12.3. The maximum Gasteiger partial charge on any atom is 0.326 e. The first kappa shape index (κ1) is 21.1. The Balaban J connectivity index is 4.93. The summed E-state index contributed by atoms with van der Waals surface area (Å²) in [5.41, 5.74) is 0. The molecule has 2 atom stereocenters. The average molecular weight is 328 g/mol.